The van der Waals surface area contributed by atoms with E-state index in [1.54, 1.807) is 18.2 Å². The Hall–Kier alpha value is -1.51. The lowest BCUT2D eigenvalue weighted by Crippen LogP contribution is -2.06. The third-order valence-corrected chi connectivity index (χ3v) is 7.61. The number of unbranched alkanes of at least 4 members (excludes halogenated alkanes) is 24. The number of hydrogen-bond acceptors (Lipinski definition) is 3. The van der Waals surface area contributed by atoms with Gasteiger partial charge in [0.1, 0.15) is 11.3 Å². The molecule has 1 rings (SSSR count). The van der Waals surface area contributed by atoms with E-state index in [4.69, 9.17) is 4.74 Å². The van der Waals surface area contributed by atoms with E-state index in [2.05, 4.69) is 6.92 Å². The number of aromatic hydroxyl groups is 1. The number of hydrogen-bond donors (Lipinski definition) is 1. The number of esters is 1. The molecule has 214 valence electrons. The van der Waals surface area contributed by atoms with Crippen LogP contribution < -0.4 is 0 Å². The lowest BCUT2D eigenvalue weighted by atomic mass is 10.0. The molecule has 3 nitrogen and oxygen atoms in total. The smallest absolute Gasteiger partial charge is 0.341 e. The number of phenols is 1. The third-order valence-electron chi connectivity index (χ3n) is 7.61. The van der Waals surface area contributed by atoms with Crippen LogP contribution in [0, 0.1) is 0 Å². The minimum atomic E-state index is -0.428. The average molecular weight is 517 g/mol. The van der Waals surface area contributed by atoms with Gasteiger partial charge in [0.2, 0.25) is 0 Å². The summed E-state index contributed by atoms with van der Waals surface area (Å²) in [6, 6.07) is 6.54. The Morgan fingerprint density at radius 2 is 0.865 bits per heavy atom. The van der Waals surface area contributed by atoms with Gasteiger partial charge in [-0.25, -0.2) is 4.79 Å². The van der Waals surface area contributed by atoms with Crippen molar-refractivity contribution in [2.45, 2.75) is 167 Å². The molecule has 0 aliphatic rings. The fraction of sp³-hybridized carbons (Fsp3) is 0.794. The largest absolute Gasteiger partial charge is 0.507 e. The first kappa shape index (κ1) is 33.5. The highest BCUT2D eigenvalue weighted by molar-refractivity contribution is 5.92. The summed E-state index contributed by atoms with van der Waals surface area (Å²) in [5, 5.41) is 9.68. The van der Waals surface area contributed by atoms with E-state index < -0.39 is 5.97 Å². The fourth-order valence-electron chi connectivity index (χ4n) is 5.13. The first-order valence-electron chi connectivity index (χ1n) is 16.2. The van der Waals surface area contributed by atoms with Crippen LogP contribution in [0.25, 0.3) is 0 Å². The minimum absolute atomic E-state index is 0.0117. The second-order valence-corrected chi connectivity index (χ2v) is 11.1. The summed E-state index contributed by atoms with van der Waals surface area (Å²) in [6.45, 7) is 2.73. The van der Waals surface area contributed by atoms with Crippen molar-refractivity contribution in [2.24, 2.45) is 0 Å². The number of carbonyl (C=O) groups is 1. The van der Waals surface area contributed by atoms with E-state index in [1.165, 1.54) is 154 Å². The Balaban J connectivity index is 1.70. The van der Waals surface area contributed by atoms with Gasteiger partial charge >= 0.3 is 5.97 Å². The van der Waals surface area contributed by atoms with Crippen molar-refractivity contribution in [3.05, 3.63) is 29.8 Å². The van der Waals surface area contributed by atoms with E-state index in [0.717, 1.165) is 12.8 Å². The molecule has 0 saturated carbocycles. The van der Waals surface area contributed by atoms with Gasteiger partial charge in [0.15, 0.2) is 0 Å². The van der Waals surface area contributed by atoms with Gasteiger partial charge in [-0.05, 0) is 18.6 Å². The molecule has 0 fully saturated rings. The van der Waals surface area contributed by atoms with Crippen molar-refractivity contribution in [3.8, 4) is 5.75 Å². The monoisotopic (exact) mass is 516 g/mol. The number of phenolic OH excluding ortho intramolecular Hbond substituents is 1. The van der Waals surface area contributed by atoms with Gasteiger partial charge < -0.3 is 9.84 Å². The highest BCUT2D eigenvalue weighted by atomic mass is 16.5. The number of ether oxygens (including phenoxy) is 1. The zero-order valence-electron chi connectivity index (χ0n) is 24.5. The molecule has 0 heterocycles. The SMILES string of the molecule is CCCCCCCCCCCCCCCCCCCCCCCCCCCOC(=O)c1ccccc1O. The predicted molar refractivity (Wildman–Crippen MR) is 159 cm³/mol. The summed E-state index contributed by atoms with van der Waals surface area (Å²) < 4.78 is 5.26. The normalized spacial score (nSPS) is 11.2. The standard InChI is InChI=1S/C34H60O3/c1-2-3-4-5-6-7-8-9-10-11-12-13-14-15-16-17-18-19-20-21-22-23-24-25-28-31-37-34(36)32-29-26-27-30-33(32)35/h26-27,29-30,35H,2-25,28,31H2,1H3. The van der Waals surface area contributed by atoms with Crippen molar-refractivity contribution in [3.63, 3.8) is 0 Å². The Bertz CT molecular complexity index is 627. The summed E-state index contributed by atoms with van der Waals surface area (Å²) in [5.41, 5.74) is 0.252. The van der Waals surface area contributed by atoms with Gasteiger partial charge in [-0.15, -0.1) is 0 Å². The molecular weight excluding hydrogens is 456 g/mol. The molecule has 0 spiro atoms. The molecule has 0 bridgehead atoms. The number of benzene rings is 1. The minimum Gasteiger partial charge on any atom is -0.507 e. The Morgan fingerprint density at radius 1 is 0.541 bits per heavy atom. The predicted octanol–water partition coefficient (Wildman–Crippen LogP) is 11.3. The molecule has 0 unspecified atom stereocenters. The van der Waals surface area contributed by atoms with Crippen molar-refractivity contribution in [1.29, 1.82) is 0 Å². The van der Waals surface area contributed by atoms with E-state index in [0.29, 0.717) is 6.61 Å². The summed E-state index contributed by atoms with van der Waals surface area (Å²) in [7, 11) is 0. The first-order chi connectivity index (χ1) is 18.3. The summed E-state index contributed by atoms with van der Waals surface area (Å²) in [4.78, 5) is 11.9. The maximum atomic E-state index is 11.9. The van der Waals surface area contributed by atoms with Gasteiger partial charge in [0, 0.05) is 0 Å². The van der Waals surface area contributed by atoms with E-state index >= 15 is 0 Å². The third kappa shape index (κ3) is 21.1. The Morgan fingerprint density at radius 3 is 1.22 bits per heavy atom. The molecule has 0 aliphatic carbocycles. The average Bonchev–Trinajstić information content (AvgIpc) is 2.90. The second-order valence-electron chi connectivity index (χ2n) is 11.1. The van der Waals surface area contributed by atoms with Crippen LogP contribution in [0.1, 0.15) is 178 Å². The maximum Gasteiger partial charge on any atom is 0.341 e. The molecule has 0 amide bonds. The van der Waals surface area contributed by atoms with Crippen molar-refractivity contribution in [2.75, 3.05) is 6.61 Å². The van der Waals surface area contributed by atoms with Crippen molar-refractivity contribution in [1.82, 2.24) is 0 Å². The topological polar surface area (TPSA) is 46.5 Å². The molecular formula is C34H60O3. The van der Waals surface area contributed by atoms with Crippen LogP contribution in [0.5, 0.6) is 5.75 Å². The quantitative estimate of drug-likeness (QED) is 0.0934. The molecule has 1 aromatic carbocycles. The van der Waals surface area contributed by atoms with Crippen LogP contribution in [-0.2, 0) is 4.74 Å². The van der Waals surface area contributed by atoms with Gasteiger partial charge in [-0.2, -0.15) is 0 Å². The number of carbonyl (C=O) groups excluding carboxylic acids is 1. The number of rotatable bonds is 27. The van der Waals surface area contributed by atoms with Crippen LogP contribution >= 0.6 is 0 Å². The van der Waals surface area contributed by atoms with Gasteiger partial charge in [-0.1, -0.05) is 173 Å². The molecule has 0 aromatic heterocycles. The second kappa shape index (κ2) is 26.1. The van der Waals surface area contributed by atoms with E-state index in [1.807, 2.05) is 0 Å². The number of para-hydroxylation sites is 1. The van der Waals surface area contributed by atoms with Crippen molar-refractivity contribution < 1.29 is 14.6 Å². The van der Waals surface area contributed by atoms with Crippen LogP contribution in [-0.4, -0.2) is 17.7 Å². The molecule has 37 heavy (non-hydrogen) atoms. The van der Waals surface area contributed by atoms with E-state index in [9.17, 15) is 9.90 Å². The lowest BCUT2D eigenvalue weighted by molar-refractivity contribution is 0.0494. The zero-order chi connectivity index (χ0) is 26.7. The first-order valence-corrected chi connectivity index (χ1v) is 16.2. The molecule has 0 radical (unpaired) electrons. The van der Waals surface area contributed by atoms with Gasteiger partial charge in [0.25, 0.3) is 0 Å². The van der Waals surface area contributed by atoms with E-state index in [-0.39, 0.29) is 11.3 Å². The van der Waals surface area contributed by atoms with Crippen LogP contribution in [0.3, 0.4) is 0 Å². The van der Waals surface area contributed by atoms with Crippen LogP contribution in [0.15, 0.2) is 24.3 Å². The zero-order valence-corrected chi connectivity index (χ0v) is 24.5. The molecule has 0 aliphatic heterocycles. The Kier molecular flexibility index (Phi) is 23.7. The van der Waals surface area contributed by atoms with Crippen LogP contribution in [0.2, 0.25) is 0 Å². The summed E-state index contributed by atoms with van der Waals surface area (Å²) in [5.74, 6) is -0.440. The fourth-order valence-corrected chi connectivity index (χ4v) is 5.13. The van der Waals surface area contributed by atoms with Crippen molar-refractivity contribution >= 4 is 5.97 Å². The highest BCUT2D eigenvalue weighted by Gasteiger charge is 2.10. The summed E-state index contributed by atoms with van der Waals surface area (Å²) >= 11 is 0. The van der Waals surface area contributed by atoms with Gasteiger partial charge in [-0.3, -0.25) is 0 Å². The highest BCUT2D eigenvalue weighted by Crippen LogP contribution is 2.18. The maximum absolute atomic E-state index is 11.9. The van der Waals surface area contributed by atoms with Crippen LogP contribution in [0.4, 0.5) is 0 Å². The molecule has 1 aromatic rings. The summed E-state index contributed by atoms with van der Waals surface area (Å²) in [6.07, 6.45) is 34.6. The molecule has 3 heteroatoms. The molecule has 1 N–H and O–H groups in total. The Labute approximate surface area is 230 Å². The lowest BCUT2D eigenvalue weighted by Gasteiger charge is -2.06. The molecule has 0 saturated heterocycles. The van der Waals surface area contributed by atoms with Gasteiger partial charge in [0.05, 0.1) is 6.61 Å². The molecule has 0 atom stereocenters.